The maximum Gasteiger partial charge on any atom is 0.228 e. The lowest BCUT2D eigenvalue weighted by atomic mass is 9.78. The Morgan fingerprint density at radius 2 is 2.13 bits per heavy atom. The summed E-state index contributed by atoms with van der Waals surface area (Å²) < 4.78 is 13.8. The van der Waals surface area contributed by atoms with Crippen molar-refractivity contribution in [3.63, 3.8) is 0 Å². The van der Waals surface area contributed by atoms with Gasteiger partial charge in [-0.25, -0.2) is 4.98 Å². The number of hydrogen-bond acceptors (Lipinski definition) is 4. The SMILES string of the molecule is CN1C(=N)C[C@](C)(c2cc(-c3cnc(F)c(I)c3)cs2)CC1=O. The second-order valence-electron chi connectivity index (χ2n) is 6.01. The molecule has 0 radical (unpaired) electrons. The van der Waals surface area contributed by atoms with Crippen molar-refractivity contribution in [2.75, 3.05) is 7.05 Å². The van der Waals surface area contributed by atoms with Gasteiger partial charge in [0, 0.05) is 41.9 Å². The summed E-state index contributed by atoms with van der Waals surface area (Å²) in [5, 5.41) is 10.0. The molecule has 1 fully saturated rings. The molecule has 0 bridgehead atoms. The summed E-state index contributed by atoms with van der Waals surface area (Å²) in [6.07, 6.45) is 2.45. The first-order chi connectivity index (χ1) is 10.8. The van der Waals surface area contributed by atoms with Gasteiger partial charge in [0.15, 0.2) is 0 Å². The molecule has 1 saturated heterocycles. The van der Waals surface area contributed by atoms with Crippen molar-refractivity contribution in [2.24, 2.45) is 0 Å². The van der Waals surface area contributed by atoms with Crippen LogP contribution in [-0.2, 0) is 10.2 Å². The van der Waals surface area contributed by atoms with Crippen LogP contribution in [0.1, 0.15) is 24.6 Å². The zero-order valence-corrected chi connectivity index (χ0v) is 15.7. The van der Waals surface area contributed by atoms with E-state index < -0.39 is 5.95 Å². The van der Waals surface area contributed by atoms with Crippen LogP contribution in [0.2, 0.25) is 0 Å². The molecule has 0 unspecified atom stereocenters. The summed E-state index contributed by atoms with van der Waals surface area (Å²) in [7, 11) is 1.65. The van der Waals surface area contributed by atoms with E-state index in [0.717, 1.165) is 16.0 Å². The molecule has 23 heavy (non-hydrogen) atoms. The average Bonchev–Trinajstić information content (AvgIpc) is 2.98. The van der Waals surface area contributed by atoms with Crippen molar-refractivity contribution in [1.82, 2.24) is 9.88 Å². The molecule has 1 atom stereocenters. The molecular formula is C16H15FIN3OS. The minimum atomic E-state index is -0.467. The van der Waals surface area contributed by atoms with Crippen LogP contribution in [0, 0.1) is 14.9 Å². The molecule has 120 valence electrons. The largest absolute Gasteiger partial charge is 0.304 e. The number of halogens is 2. The molecular weight excluding hydrogens is 428 g/mol. The number of carbonyl (C=O) groups is 1. The maximum atomic E-state index is 13.3. The number of nitrogens with one attached hydrogen (secondary N) is 1. The number of piperidine rings is 1. The fourth-order valence-electron chi connectivity index (χ4n) is 2.71. The number of pyridine rings is 1. The van der Waals surface area contributed by atoms with Crippen molar-refractivity contribution in [3.05, 3.63) is 38.1 Å². The Hall–Kier alpha value is -1.35. The summed E-state index contributed by atoms with van der Waals surface area (Å²) in [5.74, 6) is -0.153. The Morgan fingerprint density at radius 1 is 1.39 bits per heavy atom. The molecule has 4 nitrogen and oxygen atoms in total. The van der Waals surface area contributed by atoms with Crippen LogP contribution in [0.5, 0.6) is 0 Å². The molecule has 0 aromatic carbocycles. The summed E-state index contributed by atoms with van der Waals surface area (Å²) in [6, 6.07) is 3.79. The Kier molecular flexibility index (Phi) is 4.26. The number of amides is 1. The molecule has 1 aliphatic rings. The van der Waals surface area contributed by atoms with Crippen molar-refractivity contribution >= 4 is 45.7 Å². The van der Waals surface area contributed by atoms with Gasteiger partial charge in [-0.3, -0.25) is 10.2 Å². The summed E-state index contributed by atoms with van der Waals surface area (Å²) in [6.45, 7) is 2.02. The number of nitrogens with zero attached hydrogens (tertiary/aromatic N) is 2. The smallest absolute Gasteiger partial charge is 0.228 e. The van der Waals surface area contributed by atoms with Gasteiger partial charge in [0.05, 0.1) is 3.57 Å². The van der Waals surface area contributed by atoms with Gasteiger partial charge in [0.2, 0.25) is 11.9 Å². The van der Waals surface area contributed by atoms with Crippen molar-refractivity contribution in [1.29, 1.82) is 5.41 Å². The van der Waals surface area contributed by atoms with E-state index in [9.17, 15) is 9.18 Å². The fourth-order valence-corrected chi connectivity index (χ4v) is 4.27. The standard InChI is InChI=1S/C16H15FIN3OS/c1-16(5-13(19)21(2)14(22)6-16)12-4-10(8-23-12)9-3-11(18)15(17)20-7-9/h3-4,7-8,19H,5-6H2,1-2H3/t16-/m0/s1. The van der Waals surface area contributed by atoms with Gasteiger partial charge >= 0.3 is 0 Å². The zero-order chi connectivity index (χ0) is 16.8. The third kappa shape index (κ3) is 3.03. The minimum absolute atomic E-state index is 0.0308. The van der Waals surface area contributed by atoms with Gasteiger partial charge in [-0.15, -0.1) is 11.3 Å². The quantitative estimate of drug-likeness (QED) is 0.563. The van der Waals surface area contributed by atoms with E-state index in [4.69, 9.17) is 5.41 Å². The average molecular weight is 443 g/mol. The molecule has 0 aliphatic carbocycles. The monoisotopic (exact) mass is 443 g/mol. The van der Waals surface area contributed by atoms with E-state index in [1.54, 1.807) is 24.5 Å². The predicted octanol–water partition coefficient (Wildman–Crippen LogP) is 4.04. The fraction of sp³-hybridized carbons (Fsp3) is 0.312. The number of likely N-dealkylation sites (tertiary alicyclic amines) is 1. The molecule has 0 saturated carbocycles. The zero-order valence-electron chi connectivity index (χ0n) is 12.7. The van der Waals surface area contributed by atoms with Gasteiger partial charge in [-0.1, -0.05) is 6.92 Å². The van der Waals surface area contributed by atoms with Crippen LogP contribution >= 0.6 is 33.9 Å². The second kappa shape index (κ2) is 5.94. The lowest BCUT2D eigenvalue weighted by molar-refractivity contribution is -0.128. The van der Waals surface area contributed by atoms with Crippen molar-refractivity contribution < 1.29 is 9.18 Å². The molecule has 3 rings (SSSR count). The number of carbonyl (C=O) groups excluding carboxylic acids is 1. The minimum Gasteiger partial charge on any atom is -0.304 e. The molecule has 2 aromatic rings. The van der Waals surface area contributed by atoms with E-state index in [1.807, 2.05) is 41.0 Å². The van der Waals surface area contributed by atoms with Gasteiger partial charge in [-0.05, 0) is 45.7 Å². The lowest BCUT2D eigenvalue weighted by Gasteiger charge is -2.36. The van der Waals surface area contributed by atoms with Gasteiger partial charge in [-0.2, -0.15) is 4.39 Å². The van der Waals surface area contributed by atoms with Crippen LogP contribution in [0.3, 0.4) is 0 Å². The van der Waals surface area contributed by atoms with Crippen molar-refractivity contribution in [2.45, 2.75) is 25.2 Å². The summed E-state index contributed by atoms with van der Waals surface area (Å²) >= 11 is 3.50. The van der Waals surface area contributed by atoms with E-state index in [2.05, 4.69) is 4.98 Å². The molecule has 1 N–H and O–H groups in total. The third-order valence-corrected chi connectivity index (χ3v) is 6.19. The summed E-state index contributed by atoms with van der Waals surface area (Å²) in [5.41, 5.74) is 1.47. The number of hydrogen-bond donors (Lipinski definition) is 1. The Labute approximate surface area is 151 Å². The molecule has 7 heteroatoms. The molecule has 0 spiro atoms. The Bertz CT molecular complexity index is 786. The highest BCUT2D eigenvalue weighted by atomic mass is 127. The predicted molar refractivity (Wildman–Crippen MR) is 97.3 cm³/mol. The highest BCUT2D eigenvalue weighted by molar-refractivity contribution is 14.1. The van der Waals surface area contributed by atoms with Crippen LogP contribution in [0.15, 0.2) is 23.7 Å². The Balaban J connectivity index is 1.93. The normalized spacial score (nSPS) is 21.8. The number of thiophene rings is 1. The molecule has 1 amide bonds. The maximum absolute atomic E-state index is 13.3. The van der Waals surface area contributed by atoms with E-state index in [-0.39, 0.29) is 11.3 Å². The van der Waals surface area contributed by atoms with Gasteiger partial charge in [0.25, 0.3) is 0 Å². The highest BCUT2D eigenvalue weighted by Crippen LogP contribution is 2.41. The first kappa shape index (κ1) is 16.5. The van der Waals surface area contributed by atoms with Gasteiger partial charge in [0.1, 0.15) is 5.84 Å². The first-order valence-corrected chi connectivity index (χ1v) is 9.00. The second-order valence-corrected chi connectivity index (χ2v) is 8.08. The number of rotatable bonds is 2. The molecule has 3 heterocycles. The van der Waals surface area contributed by atoms with Gasteiger partial charge < -0.3 is 4.90 Å². The van der Waals surface area contributed by atoms with Crippen molar-refractivity contribution in [3.8, 4) is 11.1 Å². The van der Waals surface area contributed by atoms with E-state index >= 15 is 0 Å². The van der Waals surface area contributed by atoms with Crippen LogP contribution in [0.25, 0.3) is 11.1 Å². The third-order valence-electron chi connectivity index (χ3n) is 4.20. The van der Waals surface area contributed by atoms with Crippen LogP contribution in [-0.4, -0.2) is 28.7 Å². The Morgan fingerprint density at radius 3 is 2.78 bits per heavy atom. The first-order valence-electron chi connectivity index (χ1n) is 7.04. The lowest BCUT2D eigenvalue weighted by Crippen LogP contribution is -2.46. The summed E-state index contributed by atoms with van der Waals surface area (Å²) in [4.78, 5) is 18.3. The highest BCUT2D eigenvalue weighted by Gasteiger charge is 2.39. The van der Waals surface area contributed by atoms with E-state index in [1.165, 1.54) is 11.1 Å². The van der Waals surface area contributed by atoms with Crippen LogP contribution < -0.4 is 0 Å². The van der Waals surface area contributed by atoms with Crippen LogP contribution in [0.4, 0.5) is 4.39 Å². The molecule has 1 aliphatic heterocycles. The number of amidine groups is 1. The number of aromatic nitrogens is 1. The molecule has 2 aromatic heterocycles. The van der Waals surface area contributed by atoms with E-state index in [0.29, 0.717) is 22.2 Å². The topological polar surface area (TPSA) is 57.1 Å².